The molecule has 24 heavy (non-hydrogen) atoms. The van der Waals surface area contributed by atoms with Gasteiger partial charge in [0.15, 0.2) is 11.5 Å². The van der Waals surface area contributed by atoms with Gasteiger partial charge in [0, 0.05) is 11.3 Å². The van der Waals surface area contributed by atoms with Gasteiger partial charge in [0.25, 0.3) is 0 Å². The van der Waals surface area contributed by atoms with Crippen LogP contribution in [-0.2, 0) is 4.79 Å². The highest BCUT2D eigenvalue weighted by atomic mass is 32.2. The minimum atomic E-state index is 0.00285. The number of fused-ring (bicyclic) bond motifs is 1. The Bertz CT molecular complexity index is 690. The minimum Gasteiger partial charge on any atom is -0.490 e. The van der Waals surface area contributed by atoms with E-state index in [1.54, 1.807) is 0 Å². The predicted molar refractivity (Wildman–Crippen MR) is 95.8 cm³/mol. The summed E-state index contributed by atoms with van der Waals surface area (Å²) in [6.45, 7) is 3.33. The number of hydrogen-bond donors (Lipinski definition) is 1. The summed E-state index contributed by atoms with van der Waals surface area (Å²) in [6, 6.07) is 15.8. The fraction of sp³-hybridized carbons (Fsp3) is 0.316. The number of nitrogens with one attached hydrogen (secondary N) is 1. The van der Waals surface area contributed by atoms with Crippen molar-refractivity contribution < 1.29 is 14.3 Å². The molecular formula is C19H21NO3S. The molecule has 1 N–H and O–H groups in total. The van der Waals surface area contributed by atoms with Gasteiger partial charge in [-0.15, -0.1) is 11.8 Å². The van der Waals surface area contributed by atoms with E-state index in [9.17, 15) is 4.79 Å². The normalized spacial score (nSPS) is 14.5. The Labute approximate surface area is 146 Å². The van der Waals surface area contributed by atoms with Crippen molar-refractivity contribution in [3.8, 4) is 11.5 Å². The van der Waals surface area contributed by atoms with Crippen molar-refractivity contribution >= 4 is 17.7 Å². The van der Waals surface area contributed by atoms with Crippen molar-refractivity contribution in [3.05, 3.63) is 54.1 Å². The molecule has 0 fully saturated rings. The first-order valence-corrected chi connectivity index (χ1v) is 9.08. The lowest BCUT2D eigenvalue weighted by Gasteiger charge is -2.14. The van der Waals surface area contributed by atoms with Crippen LogP contribution >= 0.6 is 11.8 Å². The first kappa shape index (κ1) is 16.7. The zero-order valence-corrected chi connectivity index (χ0v) is 14.5. The third-order valence-electron chi connectivity index (χ3n) is 3.77. The Kier molecular flexibility index (Phi) is 5.64. The van der Waals surface area contributed by atoms with Gasteiger partial charge in [-0.1, -0.05) is 30.3 Å². The maximum absolute atomic E-state index is 12.2. The second kappa shape index (κ2) is 8.11. The molecule has 0 saturated carbocycles. The van der Waals surface area contributed by atoms with Crippen LogP contribution in [0.1, 0.15) is 24.9 Å². The summed E-state index contributed by atoms with van der Waals surface area (Å²) < 4.78 is 11.3. The third-order valence-corrected chi connectivity index (χ3v) is 4.76. The van der Waals surface area contributed by atoms with E-state index < -0.39 is 0 Å². The lowest BCUT2D eigenvalue weighted by atomic mass is 10.1. The Morgan fingerprint density at radius 2 is 1.88 bits per heavy atom. The molecule has 0 aliphatic carbocycles. The van der Waals surface area contributed by atoms with Gasteiger partial charge in [-0.05, 0) is 30.7 Å². The zero-order valence-electron chi connectivity index (χ0n) is 13.7. The predicted octanol–water partition coefficient (Wildman–Crippen LogP) is 3.82. The van der Waals surface area contributed by atoms with E-state index in [4.69, 9.17) is 9.47 Å². The lowest BCUT2D eigenvalue weighted by molar-refractivity contribution is -0.119. The second-order valence-corrected chi connectivity index (χ2v) is 6.70. The highest BCUT2D eigenvalue weighted by Crippen LogP contribution is 2.33. The van der Waals surface area contributed by atoms with Crippen LogP contribution in [-0.4, -0.2) is 24.9 Å². The topological polar surface area (TPSA) is 47.6 Å². The average molecular weight is 343 g/mol. The highest BCUT2D eigenvalue weighted by molar-refractivity contribution is 8.00. The molecule has 0 spiro atoms. The molecule has 3 rings (SSSR count). The van der Waals surface area contributed by atoms with Gasteiger partial charge in [-0.2, -0.15) is 0 Å². The lowest BCUT2D eigenvalue weighted by Crippen LogP contribution is -2.28. The van der Waals surface area contributed by atoms with Crippen LogP contribution in [0.25, 0.3) is 0 Å². The molecule has 1 heterocycles. The van der Waals surface area contributed by atoms with Crippen LogP contribution in [0.3, 0.4) is 0 Å². The minimum absolute atomic E-state index is 0.00285. The summed E-state index contributed by atoms with van der Waals surface area (Å²) in [5.74, 6) is 1.93. The number of hydrogen-bond acceptors (Lipinski definition) is 4. The molecule has 4 nitrogen and oxygen atoms in total. The van der Waals surface area contributed by atoms with E-state index in [-0.39, 0.29) is 11.9 Å². The summed E-state index contributed by atoms with van der Waals surface area (Å²) in [5, 5.41) is 3.02. The van der Waals surface area contributed by atoms with Crippen LogP contribution in [0.5, 0.6) is 11.5 Å². The standard InChI is InChI=1S/C19H21NO3S/c1-14(15-6-3-2-4-7-15)20-19(21)13-24-16-8-9-17-18(12-16)23-11-5-10-22-17/h2-4,6-9,12,14H,5,10-11,13H2,1H3,(H,20,21). The van der Waals surface area contributed by atoms with Crippen molar-refractivity contribution in [2.75, 3.05) is 19.0 Å². The maximum Gasteiger partial charge on any atom is 0.230 e. The summed E-state index contributed by atoms with van der Waals surface area (Å²) in [6.07, 6.45) is 0.886. The summed E-state index contributed by atoms with van der Waals surface area (Å²) in [5.41, 5.74) is 1.10. The van der Waals surface area contributed by atoms with Crippen LogP contribution in [0, 0.1) is 0 Å². The van der Waals surface area contributed by atoms with Gasteiger partial charge < -0.3 is 14.8 Å². The first-order valence-electron chi connectivity index (χ1n) is 8.09. The van der Waals surface area contributed by atoms with Gasteiger partial charge >= 0.3 is 0 Å². The zero-order chi connectivity index (χ0) is 16.8. The van der Waals surface area contributed by atoms with E-state index in [1.807, 2.05) is 55.5 Å². The van der Waals surface area contributed by atoms with E-state index in [0.717, 1.165) is 28.4 Å². The van der Waals surface area contributed by atoms with Crippen LogP contribution < -0.4 is 14.8 Å². The molecule has 0 bridgehead atoms. The average Bonchev–Trinajstić information content (AvgIpc) is 2.85. The van der Waals surface area contributed by atoms with Crippen molar-refractivity contribution in [1.29, 1.82) is 0 Å². The van der Waals surface area contributed by atoms with Crippen LogP contribution in [0.15, 0.2) is 53.4 Å². The summed E-state index contributed by atoms with van der Waals surface area (Å²) >= 11 is 1.50. The molecule has 2 aromatic rings. The SMILES string of the molecule is CC(NC(=O)CSc1ccc2c(c1)OCCCO2)c1ccccc1. The highest BCUT2D eigenvalue weighted by Gasteiger charge is 2.13. The molecule has 1 aliphatic rings. The largest absolute Gasteiger partial charge is 0.490 e. The molecule has 1 unspecified atom stereocenters. The smallest absolute Gasteiger partial charge is 0.230 e. The summed E-state index contributed by atoms with van der Waals surface area (Å²) in [4.78, 5) is 13.2. The van der Waals surface area contributed by atoms with E-state index in [0.29, 0.717) is 19.0 Å². The van der Waals surface area contributed by atoms with Gasteiger partial charge in [0.2, 0.25) is 5.91 Å². The van der Waals surface area contributed by atoms with Gasteiger partial charge in [-0.3, -0.25) is 4.79 Å². The van der Waals surface area contributed by atoms with Crippen molar-refractivity contribution in [2.24, 2.45) is 0 Å². The first-order chi connectivity index (χ1) is 11.7. The van der Waals surface area contributed by atoms with Crippen LogP contribution in [0.2, 0.25) is 0 Å². The molecule has 0 radical (unpaired) electrons. The fourth-order valence-electron chi connectivity index (χ4n) is 2.49. The molecule has 1 atom stereocenters. The van der Waals surface area contributed by atoms with Gasteiger partial charge in [0.05, 0.1) is 25.0 Å². The molecular weight excluding hydrogens is 322 g/mol. The molecule has 5 heteroatoms. The van der Waals surface area contributed by atoms with Crippen molar-refractivity contribution in [1.82, 2.24) is 5.32 Å². The molecule has 1 amide bonds. The Balaban J connectivity index is 1.54. The van der Waals surface area contributed by atoms with Crippen molar-refractivity contribution in [2.45, 2.75) is 24.3 Å². The quantitative estimate of drug-likeness (QED) is 0.839. The number of amides is 1. The van der Waals surface area contributed by atoms with Gasteiger partial charge in [-0.25, -0.2) is 0 Å². The number of benzene rings is 2. The molecule has 126 valence electrons. The molecule has 1 aliphatic heterocycles. The number of ether oxygens (including phenoxy) is 2. The maximum atomic E-state index is 12.2. The Morgan fingerprint density at radius 1 is 1.12 bits per heavy atom. The second-order valence-electron chi connectivity index (χ2n) is 5.65. The van der Waals surface area contributed by atoms with Gasteiger partial charge in [0.1, 0.15) is 0 Å². The monoisotopic (exact) mass is 343 g/mol. The Morgan fingerprint density at radius 3 is 2.67 bits per heavy atom. The fourth-order valence-corrected chi connectivity index (χ4v) is 3.23. The van der Waals surface area contributed by atoms with E-state index in [2.05, 4.69) is 5.32 Å². The Hall–Kier alpha value is -2.14. The number of thioether (sulfide) groups is 1. The third kappa shape index (κ3) is 4.45. The summed E-state index contributed by atoms with van der Waals surface area (Å²) in [7, 11) is 0. The molecule has 2 aromatic carbocycles. The number of carbonyl (C=O) groups excluding carboxylic acids is 1. The molecule has 0 saturated heterocycles. The van der Waals surface area contributed by atoms with E-state index >= 15 is 0 Å². The van der Waals surface area contributed by atoms with Crippen LogP contribution in [0.4, 0.5) is 0 Å². The number of rotatable bonds is 5. The molecule has 0 aromatic heterocycles. The number of carbonyl (C=O) groups is 1. The van der Waals surface area contributed by atoms with Crippen molar-refractivity contribution in [3.63, 3.8) is 0 Å². The van der Waals surface area contributed by atoms with E-state index in [1.165, 1.54) is 11.8 Å².